The Balaban J connectivity index is 1.47. The minimum atomic E-state index is -5.12. The van der Waals surface area contributed by atoms with Gasteiger partial charge in [-0.15, -0.1) is 0 Å². The largest absolute Gasteiger partial charge is 0.742 e. The number of benzene rings is 4. The van der Waals surface area contributed by atoms with Crippen LogP contribution in [0.25, 0.3) is 21.5 Å². The summed E-state index contributed by atoms with van der Waals surface area (Å²) in [7, 11) is -5.12. The Kier molecular flexibility index (Phi) is 7.65. The lowest BCUT2D eigenvalue weighted by Crippen LogP contribution is -2.65. The van der Waals surface area contributed by atoms with Crippen LogP contribution in [0, 0.1) is 0 Å². The van der Waals surface area contributed by atoms with E-state index in [0.29, 0.717) is 67.1 Å². The van der Waals surface area contributed by atoms with Crippen molar-refractivity contribution in [1.29, 1.82) is 0 Å². The van der Waals surface area contributed by atoms with Crippen LogP contribution < -0.4 is 16.3 Å². The van der Waals surface area contributed by atoms with Crippen molar-refractivity contribution >= 4 is 89.0 Å². The van der Waals surface area contributed by atoms with Gasteiger partial charge in [0.2, 0.25) is 5.91 Å². The first-order valence-corrected chi connectivity index (χ1v) is 19.8. The minimum absolute atomic E-state index is 0.137. The number of hydrogen-bond acceptors (Lipinski definition) is 12. The van der Waals surface area contributed by atoms with Crippen molar-refractivity contribution in [3.63, 3.8) is 0 Å². The van der Waals surface area contributed by atoms with Crippen LogP contribution in [0.1, 0.15) is 48.9 Å². The molecule has 10 rings (SSSR count). The Labute approximate surface area is 323 Å². The highest BCUT2D eigenvalue weighted by Crippen LogP contribution is 2.43. The van der Waals surface area contributed by atoms with Crippen LogP contribution in [0.4, 0.5) is 11.6 Å². The molecule has 6 aromatic rings. The van der Waals surface area contributed by atoms with Gasteiger partial charge in [-0.05, 0) is 6.92 Å². The summed E-state index contributed by atoms with van der Waals surface area (Å²) >= 11 is 0. The SMILES string of the molecule is CC(=O)CCC(=O)O[Si]1(OC(=O)CNC(C)=O)n2c3c4ccccc4c2N=C2N=C(N=c4c5ccccc5c(n41)=NC1=NC(=N3)c3ccccc31)c1ccccc12. The molecule has 4 aliphatic rings. The van der Waals surface area contributed by atoms with E-state index in [4.69, 9.17) is 38.8 Å². The van der Waals surface area contributed by atoms with Gasteiger partial charge in [-0.2, -0.15) is 0 Å². The van der Waals surface area contributed by atoms with Gasteiger partial charge in [-0.25, -0.2) is 30.0 Å². The first-order valence-electron chi connectivity index (χ1n) is 18.1. The van der Waals surface area contributed by atoms with Crippen LogP contribution in [-0.4, -0.2) is 70.9 Å². The lowest BCUT2D eigenvalue weighted by Gasteiger charge is -2.31. The van der Waals surface area contributed by atoms with Crippen molar-refractivity contribution < 1.29 is 28.0 Å². The smallest absolute Gasteiger partial charge is 0.452 e. The molecular weight excluding hydrogens is 743 g/mol. The van der Waals surface area contributed by atoms with Gasteiger partial charge in [0.1, 0.15) is 34.9 Å². The van der Waals surface area contributed by atoms with E-state index in [-0.39, 0.29) is 41.2 Å². The normalized spacial score (nSPS) is 16.8. The molecular formula is C41H29N9O6Si. The van der Waals surface area contributed by atoms with Crippen molar-refractivity contribution in [1.82, 2.24) is 13.8 Å². The third-order valence-electron chi connectivity index (χ3n) is 9.98. The van der Waals surface area contributed by atoms with Crippen LogP contribution in [0.15, 0.2) is 127 Å². The van der Waals surface area contributed by atoms with Crippen LogP contribution in [0.5, 0.6) is 0 Å². The van der Waals surface area contributed by atoms with E-state index in [1.807, 2.05) is 97.1 Å². The predicted octanol–water partition coefficient (Wildman–Crippen LogP) is 3.96. The molecule has 0 spiro atoms. The van der Waals surface area contributed by atoms with Crippen LogP contribution in [0.3, 0.4) is 0 Å². The molecule has 1 atom stereocenters. The van der Waals surface area contributed by atoms with Crippen molar-refractivity contribution in [2.24, 2.45) is 30.0 Å². The number of ketones is 1. The first kappa shape index (κ1) is 34.1. The van der Waals surface area contributed by atoms with E-state index in [0.717, 1.165) is 0 Å². The number of aliphatic imine (C=N–C) groups is 4. The van der Waals surface area contributed by atoms with Crippen molar-refractivity contribution in [3.05, 3.63) is 130 Å². The monoisotopic (exact) mass is 771 g/mol. The fourth-order valence-electron chi connectivity index (χ4n) is 7.50. The topological polar surface area (TPSA) is 183 Å². The molecule has 0 radical (unpaired) electrons. The number of fused-ring (bicyclic) bond motifs is 14. The number of nitrogens with zero attached hydrogens (tertiary/aromatic N) is 8. The number of hydrogen-bond donors (Lipinski definition) is 1. The second-order valence-corrected chi connectivity index (χ2v) is 16.1. The van der Waals surface area contributed by atoms with Crippen LogP contribution in [-0.2, 0) is 28.0 Å². The third kappa shape index (κ3) is 5.32. The fraction of sp³-hybridized carbons (Fsp3) is 0.122. The summed E-state index contributed by atoms with van der Waals surface area (Å²) in [6, 6.07) is 29.9. The summed E-state index contributed by atoms with van der Waals surface area (Å²) in [6.45, 7) is 2.08. The molecule has 6 bridgehead atoms. The molecule has 2 aromatic heterocycles. The number of rotatable bonds is 7. The van der Waals surface area contributed by atoms with E-state index in [2.05, 4.69) is 5.32 Å². The number of amidine groups is 4. The van der Waals surface area contributed by atoms with E-state index in [1.54, 1.807) is 8.47 Å². The summed E-state index contributed by atoms with van der Waals surface area (Å²) in [5, 5.41) is 4.81. The standard InChI is InChI=1S/C41H29N9O6Si/c1-22(51)19-20-32(53)55-57(56-33(54)21-42-23(2)52)49-38-28-15-7-8-16-29(28)40(49)47-36-26-13-5-6-14-27(26)37(44-36)48-41-31-18-10-9-17-30(31)39(50(41)57)46-35-25-12-4-3-11-24(25)34(43-35)45-38/h3-18H,19-21H2,1-2H3,(H,42,52). The molecule has 1 N–H and O–H groups in total. The summed E-state index contributed by atoms with van der Waals surface area (Å²) in [5.41, 5.74) is 3.23. The Morgan fingerprint density at radius 3 is 1.40 bits per heavy atom. The zero-order valence-corrected chi connectivity index (χ0v) is 31.4. The Hall–Kier alpha value is -7.46. The molecule has 0 saturated heterocycles. The number of amides is 1. The van der Waals surface area contributed by atoms with E-state index >= 15 is 0 Å². The van der Waals surface area contributed by atoms with E-state index < -0.39 is 33.3 Å². The van der Waals surface area contributed by atoms with Gasteiger partial charge in [-0.3, -0.25) is 22.8 Å². The maximum absolute atomic E-state index is 14.4. The highest BCUT2D eigenvalue weighted by atomic mass is 28.4. The molecule has 6 heterocycles. The van der Waals surface area contributed by atoms with Gasteiger partial charge in [0.15, 0.2) is 23.3 Å². The second-order valence-electron chi connectivity index (χ2n) is 13.7. The van der Waals surface area contributed by atoms with Crippen molar-refractivity contribution in [3.8, 4) is 0 Å². The number of aromatic nitrogens is 2. The molecule has 0 aliphatic carbocycles. The maximum atomic E-state index is 14.4. The molecule has 278 valence electrons. The molecule has 0 fully saturated rings. The Bertz CT molecular complexity index is 2900. The number of Topliss-reactive ketones (excluding diaryl/α,β-unsaturated/α-hetero) is 1. The highest BCUT2D eigenvalue weighted by Gasteiger charge is 2.59. The molecule has 16 heteroatoms. The second kappa shape index (κ2) is 12.8. The molecule has 1 amide bonds. The fourth-order valence-corrected chi connectivity index (χ4v) is 10.6. The van der Waals surface area contributed by atoms with Crippen molar-refractivity contribution in [2.45, 2.75) is 26.7 Å². The van der Waals surface area contributed by atoms with E-state index in [9.17, 15) is 19.2 Å². The van der Waals surface area contributed by atoms with Crippen LogP contribution in [0.2, 0.25) is 0 Å². The minimum Gasteiger partial charge on any atom is -0.452 e. The molecule has 1 unspecified atom stereocenters. The zero-order chi connectivity index (χ0) is 39.0. The van der Waals surface area contributed by atoms with Gasteiger partial charge in [0, 0.05) is 57.1 Å². The summed E-state index contributed by atoms with van der Waals surface area (Å²) in [6.07, 6.45) is -0.473. The lowest BCUT2D eigenvalue weighted by molar-refractivity contribution is -0.143. The molecule has 0 saturated carbocycles. The maximum Gasteiger partial charge on any atom is 0.742 e. The number of carbonyl (C=O) groups excluding carboxylic acids is 4. The average Bonchev–Trinajstić information content (AvgIpc) is 3.92. The molecule has 15 nitrogen and oxygen atoms in total. The first-order chi connectivity index (χ1) is 27.7. The van der Waals surface area contributed by atoms with Gasteiger partial charge in [-0.1, -0.05) is 97.1 Å². The van der Waals surface area contributed by atoms with Gasteiger partial charge < -0.3 is 19.0 Å². The number of nitrogens with one attached hydrogen (secondary N) is 1. The zero-order valence-electron chi connectivity index (χ0n) is 30.4. The molecule has 57 heavy (non-hydrogen) atoms. The predicted molar refractivity (Wildman–Crippen MR) is 212 cm³/mol. The number of carbonyl (C=O) groups is 4. The Morgan fingerprint density at radius 2 is 0.947 bits per heavy atom. The van der Waals surface area contributed by atoms with Crippen molar-refractivity contribution in [2.75, 3.05) is 6.54 Å². The van der Waals surface area contributed by atoms with E-state index in [1.165, 1.54) is 13.8 Å². The molecule has 4 aliphatic heterocycles. The van der Waals surface area contributed by atoms with Gasteiger partial charge in [0.25, 0.3) is 5.97 Å². The quantitative estimate of drug-likeness (QED) is 0.240. The lowest BCUT2D eigenvalue weighted by atomic mass is 10.1. The summed E-state index contributed by atoms with van der Waals surface area (Å²) in [4.78, 5) is 83.9. The van der Waals surface area contributed by atoms with Crippen LogP contribution >= 0.6 is 0 Å². The highest BCUT2D eigenvalue weighted by molar-refractivity contribution is 6.69. The molecule has 4 aromatic carbocycles. The Morgan fingerprint density at radius 1 is 0.526 bits per heavy atom. The van der Waals surface area contributed by atoms with Gasteiger partial charge in [0.05, 0.1) is 6.42 Å². The summed E-state index contributed by atoms with van der Waals surface area (Å²) in [5.74, 6) is -0.798. The average molecular weight is 772 g/mol. The summed E-state index contributed by atoms with van der Waals surface area (Å²) < 4.78 is 16.5. The third-order valence-corrected chi connectivity index (χ3v) is 12.9. The van der Waals surface area contributed by atoms with Gasteiger partial charge >= 0.3 is 14.9 Å².